The molecule has 0 aliphatic rings. The van der Waals surface area contributed by atoms with Crippen LogP contribution in [0.3, 0.4) is 0 Å². The summed E-state index contributed by atoms with van der Waals surface area (Å²) in [5.74, 6) is 1.20. The van der Waals surface area contributed by atoms with E-state index in [1.54, 1.807) is 18.6 Å². The number of nitrogens with one attached hydrogen (secondary N) is 1. The van der Waals surface area contributed by atoms with Gasteiger partial charge in [-0.25, -0.2) is 9.97 Å². The zero-order valence-corrected chi connectivity index (χ0v) is 9.47. The first-order valence-corrected chi connectivity index (χ1v) is 6.16. The summed E-state index contributed by atoms with van der Waals surface area (Å²) in [5, 5.41) is 3.09. The molecule has 1 N–H and O–H groups in total. The lowest BCUT2D eigenvalue weighted by molar-refractivity contribution is 0.682. The highest BCUT2D eigenvalue weighted by Crippen LogP contribution is 2.01. The van der Waals surface area contributed by atoms with Crippen molar-refractivity contribution in [3.63, 3.8) is 0 Å². The second-order valence-electron chi connectivity index (χ2n) is 3.37. The minimum atomic E-state index is -0.792. The standard InChI is InChI=1S/C9H15N3OS/c1-7-4-10-9(11-5-7)12-8(2)6-14(3)13/h4-5,8H,6H2,1-3H3,(H,10,11,12). The lowest BCUT2D eigenvalue weighted by Gasteiger charge is -2.11. The molecule has 0 radical (unpaired) electrons. The molecule has 2 unspecified atom stereocenters. The van der Waals surface area contributed by atoms with Crippen molar-refractivity contribution in [1.82, 2.24) is 9.97 Å². The topological polar surface area (TPSA) is 54.9 Å². The average molecular weight is 213 g/mol. The van der Waals surface area contributed by atoms with E-state index in [0.717, 1.165) is 5.56 Å². The van der Waals surface area contributed by atoms with Gasteiger partial charge in [0.2, 0.25) is 5.95 Å². The summed E-state index contributed by atoms with van der Waals surface area (Å²) in [5.41, 5.74) is 1.03. The van der Waals surface area contributed by atoms with Gasteiger partial charge in [0.15, 0.2) is 0 Å². The Kier molecular flexibility index (Phi) is 4.00. The van der Waals surface area contributed by atoms with E-state index in [1.807, 2.05) is 13.8 Å². The smallest absolute Gasteiger partial charge is 0.222 e. The van der Waals surface area contributed by atoms with Crippen molar-refractivity contribution < 1.29 is 4.21 Å². The molecule has 4 nitrogen and oxygen atoms in total. The zero-order valence-electron chi connectivity index (χ0n) is 8.65. The third kappa shape index (κ3) is 3.83. The minimum absolute atomic E-state index is 0.128. The van der Waals surface area contributed by atoms with Crippen LogP contribution in [0.1, 0.15) is 12.5 Å². The van der Waals surface area contributed by atoms with E-state index in [9.17, 15) is 4.21 Å². The lowest BCUT2D eigenvalue weighted by Crippen LogP contribution is -2.23. The molecule has 0 aliphatic heterocycles. The van der Waals surface area contributed by atoms with Gasteiger partial charge in [0.1, 0.15) is 0 Å². The van der Waals surface area contributed by atoms with Crippen molar-refractivity contribution in [3.8, 4) is 0 Å². The van der Waals surface area contributed by atoms with Crippen molar-refractivity contribution in [2.24, 2.45) is 0 Å². The maximum Gasteiger partial charge on any atom is 0.222 e. The van der Waals surface area contributed by atoms with E-state index >= 15 is 0 Å². The third-order valence-corrected chi connectivity index (χ3v) is 2.61. The summed E-state index contributed by atoms with van der Waals surface area (Å²) in [6, 6.07) is 0.128. The van der Waals surface area contributed by atoms with Crippen molar-refractivity contribution in [1.29, 1.82) is 0 Å². The Morgan fingerprint density at radius 3 is 2.57 bits per heavy atom. The number of anilines is 1. The SMILES string of the molecule is Cc1cnc(NC(C)CS(C)=O)nc1. The van der Waals surface area contributed by atoms with E-state index < -0.39 is 10.8 Å². The predicted molar refractivity (Wildman–Crippen MR) is 58.8 cm³/mol. The van der Waals surface area contributed by atoms with E-state index in [-0.39, 0.29) is 6.04 Å². The van der Waals surface area contributed by atoms with Crippen molar-refractivity contribution in [3.05, 3.63) is 18.0 Å². The number of rotatable bonds is 4. The van der Waals surface area contributed by atoms with Crippen LogP contribution in [0.2, 0.25) is 0 Å². The monoisotopic (exact) mass is 213 g/mol. The first-order valence-electron chi connectivity index (χ1n) is 4.43. The molecule has 1 heterocycles. The first-order chi connectivity index (χ1) is 6.58. The van der Waals surface area contributed by atoms with E-state index in [1.165, 1.54) is 0 Å². The Morgan fingerprint density at radius 1 is 1.50 bits per heavy atom. The molecule has 0 bridgehead atoms. The second-order valence-corrected chi connectivity index (χ2v) is 4.85. The van der Waals surface area contributed by atoms with Crippen molar-refractivity contribution in [2.45, 2.75) is 19.9 Å². The average Bonchev–Trinajstić information content (AvgIpc) is 2.07. The molecule has 0 saturated carbocycles. The van der Waals surface area contributed by atoms with Crippen LogP contribution in [-0.4, -0.2) is 32.2 Å². The van der Waals surface area contributed by atoms with Crippen LogP contribution in [0.4, 0.5) is 5.95 Å². The van der Waals surface area contributed by atoms with Gasteiger partial charge in [0.05, 0.1) is 0 Å². The predicted octanol–water partition coefficient (Wildman–Crippen LogP) is 0.964. The van der Waals surface area contributed by atoms with Crippen LogP contribution < -0.4 is 5.32 Å². The molecule has 1 aromatic rings. The van der Waals surface area contributed by atoms with E-state index in [4.69, 9.17) is 0 Å². The summed E-state index contributed by atoms with van der Waals surface area (Å²) >= 11 is 0. The van der Waals surface area contributed by atoms with Gasteiger partial charge in [-0.2, -0.15) is 0 Å². The van der Waals surface area contributed by atoms with Crippen LogP contribution in [0.15, 0.2) is 12.4 Å². The van der Waals surface area contributed by atoms with E-state index in [2.05, 4.69) is 15.3 Å². The van der Waals surface area contributed by atoms with Gasteiger partial charge >= 0.3 is 0 Å². The number of hydrogen-bond acceptors (Lipinski definition) is 4. The Hall–Kier alpha value is -0.970. The number of aromatic nitrogens is 2. The normalized spacial score (nSPS) is 14.8. The molecule has 0 aromatic carbocycles. The van der Waals surface area contributed by atoms with Gasteiger partial charge in [0.25, 0.3) is 0 Å². The minimum Gasteiger partial charge on any atom is -0.351 e. The Bertz CT molecular complexity index is 312. The molecule has 14 heavy (non-hydrogen) atoms. The van der Waals surface area contributed by atoms with Gasteiger partial charge in [-0.15, -0.1) is 0 Å². The fourth-order valence-electron chi connectivity index (χ4n) is 1.08. The highest BCUT2D eigenvalue weighted by molar-refractivity contribution is 7.84. The quantitative estimate of drug-likeness (QED) is 0.809. The molecule has 2 atom stereocenters. The maximum absolute atomic E-state index is 10.9. The van der Waals surface area contributed by atoms with Crippen LogP contribution in [0, 0.1) is 6.92 Å². The van der Waals surface area contributed by atoms with Gasteiger partial charge in [0, 0.05) is 41.2 Å². The molecule has 1 aromatic heterocycles. The molecular weight excluding hydrogens is 198 g/mol. The van der Waals surface area contributed by atoms with Crippen LogP contribution in [-0.2, 0) is 10.8 Å². The van der Waals surface area contributed by atoms with Crippen LogP contribution in [0.5, 0.6) is 0 Å². The summed E-state index contributed by atoms with van der Waals surface area (Å²) in [7, 11) is -0.792. The lowest BCUT2D eigenvalue weighted by atomic mass is 10.4. The van der Waals surface area contributed by atoms with Crippen LogP contribution in [0.25, 0.3) is 0 Å². The number of nitrogens with zero attached hydrogens (tertiary/aromatic N) is 2. The molecule has 0 spiro atoms. The summed E-state index contributed by atoms with van der Waals surface area (Å²) in [6.07, 6.45) is 5.20. The Labute approximate surface area is 86.6 Å². The zero-order chi connectivity index (χ0) is 10.6. The fourth-order valence-corrected chi connectivity index (χ4v) is 1.87. The first kappa shape index (κ1) is 11.1. The van der Waals surface area contributed by atoms with Gasteiger partial charge in [-0.3, -0.25) is 4.21 Å². The molecule has 0 amide bonds. The van der Waals surface area contributed by atoms with Gasteiger partial charge < -0.3 is 5.32 Å². The van der Waals surface area contributed by atoms with Crippen molar-refractivity contribution in [2.75, 3.05) is 17.3 Å². The summed E-state index contributed by atoms with van der Waals surface area (Å²) in [4.78, 5) is 8.21. The molecule has 0 aliphatic carbocycles. The van der Waals surface area contributed by atoms with Gasteiger partial charge in [-0.05, 0) is 19.4 Å². The highest BCUT2D eigenvalue weighted by Gasteiger charge is 2.05. The van der Waals surface area contributed by atoms with Crippen LogP contribution >= 0.6 is 0 Å². The molecule has 78 valence electrons. The molecule has 5 heteroatoms. The third-order valence-electron chi connectivity index (χ3n) is 1.64. The van der Waals surface area contributed by atoms with E-state index in [0.29, 0.717) is 11.7 Å². The van der Waals surface area contributed by atoms with Crippen molar-refractivity contribution >= 4 is 16.7 Å². The number of hydrogen-bond donors (Lipinski definition) is 1. The Balaban J connectivity index is 2.51. The molecule has 0 saturated heterocycles. The number of aryl methyl sites for hydroxylation is 1. The largest absolute Gasteiger partial charge is 0.351 e. The fraction of sp³-hybridized carbons (Fsp3) is 0.556. The molecule has 1 rings (SSSR count). The highest BCUT2D eigenvalue weighted by atomic mass is 32.2. The Morgan fingerprint density at radius 2 is 2.07 bits per heavy atom. The summed E-state index contributed by atoms with van der Waals surface area (Å²) < 4.78 is 10.9. The van der Waals surface area contributed by atoms with Gasteiger partial charge in [-0.1, -0.05) is 0 Å². The molecular formula is C9H15N3OS. The summed E-state index contributed by atoms with van der Waals surface area (Å²) in [6.45, 7) is 3.90. The molecule has 0 fully saturated rings. The maximum atomic E-state index is 10.9. The second kappa shape index (κ2) is 5.05.